The van der Waals surface area contributed by atoms with E-state index in [4.69, 9.17) is 9.47 Å². The Labute approximate surface area is 252 Å². The van der Waals surface area contributed by atoms with Crippen molar-refractivity contribution in [1.82, 2.24) is 9.97 Å². The summed E-state index contributed by atoms with van der Waals surface area (Å²) < 4.78 is 11.8. The van der Waals surface area contributed by atoms with Gasteiger partial charge in [0.25, 0.3) is 0 Å². The molecule has 0 aliphatic carbocycles. The monoisotopic (exact) mass is 575 g/mol. The highest BCUT2D eigenvalue weighted by Gasteiger charge is 2.18. The highest BCUT2D eigenvalue weighted by Crippen LogP contribution is 2.35. The molecular weight excluding hydrogens is 538 g/mol. The fourth-order valence-electron chi connectivity index (χ4n) is 4.81. The molecular formula is C35H37N5O3. The molecule has 0 aliphatic heterocycles. The van der Waals surface area contributed by atoms with Crippen LogP contribution in [0.4, 0.5) is 22.1 Å². The molecule has 5 rings (SSSR count). The summed E-state index contributed by atoms with van der Waals surface area (Å²) in [6, 6.07) is 28.8. The van der Waals surface area contributed by atoms with Gasteiger partial charge < -0.3 is 25.4 Å². The van der Waals surface area contributed by atoms with Crippen LogP contribution in [0.1, 0.15) is 50.6 Å². The number of nitrogens with zero attached hydrogens (tertiary/aromatic N) is 2. The molecule has 0 fully saturated rings. The van der Waals surface area contributed by atoms with Crippen molar-refractivity contribution in [3.05, 3.63) is 108 Å². The smallest absolute Gasteiger partial charge is 0.323 e. The number of nitrogens with one attached hydrogen (secondary N) is 3. The Morgan fingerprint density at radius 2 is 1.47 bits per heavy atom. The summed E-state index contributed by atoms with van der Waals surface area (Å²) in [5, 5.41) is 11.0. The second-order valence-corrected chi connectivity index (χ2v) is 11.5. The van der Waals surface area contributed by atoms with Crippen LogP contribution < -0.4 is 25.4 Å². The maximum absolute atomic E-state index is 13.2. The van der Waals surface area contributed by atoms with E-state index in [1.807, 2.05) is 79.7 Å². The molecule has 0 bridgehead atoms. The van der Waals surface area contributed by atoms with E-state index >= 15 is 0 Å². The first-order chi connectivity index (χ1) is 20.6. The van der Waals surface area contributed by atoms with E-state index in [9.17, 15) is 4.79 Å². The van der Waals surface area contributed by atoms with E-state index in [-0.39, 0.29) is 17.5 Å². The summed E-state index contributed by atoms with van der Waals surface area (Å²) in [5.74, 6) is 2.10. The largest absolute Gasteiger partial charge is 0.495 e. The van der Waals surface area contributed by atoms with Gasteiger partial charge in [-0.2, -0.15) is 4.98 Å². The highest BCUT2D eigenvalue weighted by atomic mass is 16.5. The molecule has 0 radical (unpaired) electrons. The van der Waals surface area contributed by atoms with Gasteiger partial charge in [-0.3, -0.25) is 0 Å². The molecule has 0 saturated carbocycles. The number of methoxy groups -OCH3 is 1. The van der Waals surface area contributed by atoms with Crippen molar-refractivity contribution in [3.8, 4) is 17.4 Å². The highest BCUT2D eigenvalue weighted by molar-refractivity contribution is 6.08. The number of aromatic nitrogens is 2. The standard InChI is InChI=1S/C35H37N5O3/c1-22-20-32(40-33(36-22)37-23(2)24-12-8-7-9-13-24)43-30-19-17-28(26-14-10-11-15-27(26)30)38-34(41)39-29-21-25(35(3,4)5)16-18-31(29)42-6/h7-21,23H,1-6H3,(H,36,37,40)(H2,38,39,41). The molecule has 4 aromatic carbocycles. The van der Waals surface area contributed by atoms with Crippen LogP contribution in [0.25, 0.3) is 10.8 Å². The first kappa shape index (κ1) is 29.4. The Bertz CT molecular complexity index is 1750. The van der Waals surface area contributed by atoms with E-state index in [2.05, 4.69) is 65.7 Å². The fraction of sp³-hybridized carbons (Fsp3) is 0.229. The summed E-state index contributed by atoms with van der Waals surface area (Å²) >= 11 is 0. The van der Waals surface area contributed by atoms with Gasteiger partial charge in [-0.15, -0.1) is 0 Å². The van der Waals surface area contributed by atoms with Crippen molar-refractivity contribution in [2.75, 3.05) is 23.1 Å². The Hall–Kier alpha value is -5.11. The lowest BCUT2D eigenvalue weighted by Crippen LogP contribution is -2.21. The van der Waals surface area contributed by atoms with Crippen molar-refractivity contribution >= 4 is 34.1 Å². The van der Waals surface area contributed by atoms with Gasteiger partial charge in [0.2, 0.25) is 11.8 Å². The molecule has 220 valence electrons. The van der Waals surface area contributed by atoms with Crippen LogP contribution in [-0.4, -0.2) is 23.1 Å². The number of hydrogen-bond donors (Lipinski definition) is 3. The van der Waals surface area contributed by atoms with Gasteiger partial charge in [0.15, 0.2) is 0 Å². The molecule has 0 spiro atoms. The molecule has 5 aromatic rings. The Morgan fingerprint density at radius 1 is 0.791 bits per heavy atom. The number of amides is 2. The zero-order valence-electron chi connectivity index (χ0n) is 25.4. The van der Waals surface area contributed by atoms with Crippen molar-refractivity contribution < 1.29 is 14.3 Å². The molecule has 0 aliphatic rings. The van der Waals surface area contributed by atoms with Gasteiger partial charge in [0, 0.05) is 22.5 Å². The van der Waals surface area contributed by atoms with Crippen LogP contribution in [0.2, 0.25) is 0 Å². The normalized spacial score (nSPS) is 12.0. The molecule has 0 saturated heterocycles. The maximum atomic E-state index is 13.2. The van der Waals surface area contributed by atoms with E-state index in [0.29, 0.717) is 34.7 Å². The Morgan fingerprint density at radius 3 is 2.19 bits per heavy atom. The molecule has 1 heterocycles. The quantitative estimate of drug-likeness (QED) is 0.171. The van der Waals surface area contributed by atoms with Crippen molar-refractivity contribution in [1.29, 1.82) is 0 Å². The Balaban J connectivity index is 1.37. The van der Waals surface area contributed by atoms with Crippen molar-refractivity contribution in [3.63, 3.8) is 0 Å². The third-order valence-corrected chi connectivity index (χ3v) is 7.14. The second kappa shape index (κ2) is 12.4. The van der Waals surface area contributed by atoms with Crippen LogP contribution >= 0.6 is 0 Å². The number of carbonyl (C=O) groups excluding carboxylic acids is 1. The minimum absolute atomic E-state index is 0.0177. The lowest BCUT2D eigenvalue weighted by molar-refractivity contribution is 0.262. The van der Waals surface area contributed by atoms with Crippen LogP contribution in [0, 0.1) is 6.92 Å². The fourth-order valence-corrected chi connectivity index (χ4v) is 4.81. The number of ether oxygens (including phenoxy) is 2. The average Bonchev–Trinajstić information content (AvgIpc) is 2.98. The lowest BCUT2D eigenvalue weighted by atomic mass is 9.87. The molecule has 8 nitrogen and oxygen atoms in total. The van der Waals surface area contributed by atoms with Gasteiger partial charge in [-0.25, -0.2) is 9.78 Å². The zero-order chi connectivity index (χ0) is 30.6. The number of rotatable bonds is 8. The third kappa shape index (κ3) is 7.04. The minimum Gasteiger partial charge on any atom is -0.495 e. The van der Waals surface area contributed by atoms with Gasteiger partial charge >= 0.3 is 6.03 Å². The first-order valence-electron chi connectivity index (χ1n) is 14.2. The zero-order valence-corrected chi connectivity index (χ0v) is 25.4. The number of fused-ring (bicyclic) bond motifs is 1. The molecule has 43 heavy (non-hydrogen) atoms. The average molecular weight is 576 g/mol. The SMILES string of the molecule is COc1ccc(C(C)(C)C)cc1NC(=O)Nc1ccc(Oc2cc(C)nc(NC(C)c3ccccc3)n2)c2ccccc12. The second-order valence-electron chi connectivity index (χ2n) is 11.5. The van der Waals surface area contributed by atoms with E-state index in [0.717, 1.165) is 27.6 Å². The molecule has 1 unspecified atom stereocenters. The van der Waals surface area contributed by atoms with Crippen LogP contribution in [0.15, 0.2) is 91.0 Å². The topological polar surface area (TPSA) is 97.4 Å². The molecule has 2 amide bonds. The summed E-state index contributed by atoms with van der Waals surface area (Å²) in [6.07, 6.45) is 0. The van der Waals surface area contributed by atoms with Crippen molar-refractivity contribution in [2.24, 2.45) is 0 Å². The molecule has 1 aromatic heterocycles. The Kier molecular flexibility index (Phi) is 8.48. The van der Waals surface area contributed by atoms with E-state index in [1.54, 1.807) is 13.2 Å². The number of anilines is 3. The predicted molar refractivity (Wildman–Crippen MR) is 174 cm³/mol. The summed E-state index contributed by atoms with van der Waals surface area (Å²) in [5.41, 5.74) is 4.16. The van der Waals surface area contributed by atoms with Crippen LogP contribution in [0.3, 0.4) is 0 Å². The lowest BCUT2D eigenvalue weighted by Gasteiger charge is -2.21. The number of urea groups is 1. The number of aryl methyl sites for hydroxylation is 1. The number of hydrogen-bond acceptors (Lipinski definition) is 6. The van der Waals surface area contributed by atoms with Gasteiger partial charge in [-0.05, 0) is 54.7 Å². The summed E-state index contributed by atoms with van der Waals surface area (Å²) in [7, 11) is 1.59. The first-order valence-corrected chi connectivity index (χ1v) is 14.2. The maximum Gasteiger partial charge on any atom is 0.323 e. The van der Waals surface area contributed by atoms with E-state index in [1.165, 1.54) is 0 Å². The van der Waals surface area contributed by atoms with Gasteiger partial charge in [0.05, 0.1) is 24.5 Å². The molecule has 3 N–H and O–H groups in total. The number of benzene rings is 4. The summed E-state index contributed by atoms with van der Waals surface area (Å²) in [6.45, 7) is 10.3. The van der Waals surface area contributed by atoms with Gasteiger partial charge in [-0.1, -0.05) is 81.4 Å². The number of carbonyl (C=O) groups is 1. The van der Waals surface area contributed by atoms with Crippen LogP contribution in [0.5, 0.6) is 17.4 Å². The minimum atomic E-state index is -0.377. The predicted octanol–water partition coefficient (Wildman–Crippen LogP) is 8.85. The van der Waals surface area contributed by atoms with E-state index < -0.39 is 0 Å². The van der Waals surface area contributed by atoms with Crippen LogP contribution in [-0.2, 0) is 5.41 Å². The third-order valence-electron chi connectivity index (χ3n) is 7.14. The van der Waals surface area contributed by atoms with Gasteiger partial charge in [0.1, 0.15) is 11.5 Å². The molecule has 1 atom stereocenters. The summed E-state index contributed by atoms with van der Waals surface area (Å²) in [4.78, 5) is 22.3. The van der Waals surface area contributed by atoms with Crippen molar-refractivity contribution in [2.45, 2.75) is 46.1 Å². The molecule has 8 heteroatoms.